The van der Waals surface area contributed by atoms with Crippen LogP contribution in [0.15, 0.2) is 78.9 Å². The number of alkyl carbamates (subject to hydrolysis) is 1. The first-order valence-corrected chi connectivity index (χ1v) is 10.6. The van der Waals surface area contributed by atoms with Crippen molar-refractivity contribution in [2.75, 3.05) is 29.0 Å². The van der Waals surface area contributed by atoms with E-state index in [9.17, 15) is 9.59 Å². The van der Waals surface area contributed by atoms with Gasteiger partial charge in [0, 0.05) is 24.3 Å². The van der Waals surface area contributed by atoms with E-state index in [-0.39, 0.29) is 18.6 Å². The third kappa shape index (κ3) is 5.37. The van der Waals surface area contributed by atoms with E-state index in [4.69, 9.17) is 10.5 Å². The highest BCUT2D eigenvalue weighted by molar-refractivity contribution is 6.05. The smallest absolute Gasteiger partial charge is 0.407 e. The molecule has 1 heterocycles. The Morgan fingerprint density at radius 3 is 2.44 bits per heavy atom. The van der Waals surface area contributed by atoms with Crippen molar-refractivity contribution in [2.24, 2.45) is 0 Å². The summed E-state index contributed by atoms with van der Waals surface area (Å²) in [6.07, 6.45) is 0.420. The lowest BCUT2D eigenvalue weighted by molar-refractivity contribution is 0.102. The maximum atomic E-state index is 12.5. The molecule has 1 aliphatic heterocycles. The standard InChI is InChI=1S/C25H26N4O3/c26-22-8-4-5-9-23(22)28-24(30)19-10-12-21(13-11-19)29-15-14-20(16-29)27-25(31)32-17-18-6-2-1-3-7-18/h1-13,20H,14-17,26H2,(H,27,31)(H,28,30)/t20-/m0/s1. The van der Waals surface area contributed by atoms with E-state index in [1.165, 1.54) is 0 Å². The number of benzene rings is 3. The summed E-state index contributed by atoms with van der Waals surface area (Å²) in [4.78, 5) is 26.8. The molecule has 3 aromatic rings. The Bertz CT molecular complexity index is 1070. The summed E-state index contributed by atoms with van der Waals surface area (Å²) < 4.78 is 5.31. The van der Waals surface area contributed by atoms with E-state index in [0.717, 1.165) is 24.2 Å². The number of para-hydroxylation sites is 2. The Hall–Kier alpha value is -4.00. The van der Waals surface area contributed by atoms with Crippen LogP contribution in [-0.2, 0) is 11.3 Å². The number of rotatable bonds is 6. The third-order valence-electron chi connectivity index (χ3n) is 5.43. The number of hydrogen-bond acceptors (Lipinski definition) is 5. The topological polar surface area (TPSA) is 96.7 Å². The Balaban J connectivity index is 1.27. The summed E-state index contributed by atoms with van der Waals surface area (Å²) in [5.74, 6) is -0.212. The molecule has 1 fully saturated rings. The van der Waals surface area contributed by atoms with Gasteiger partial charge >= 0.3 is 6.09 Å². The largest absolute Gasteiger partial charge is 0.445 e. The first-order chi connectivity index (χ1) is 15.6. The normalized spacial score (nSPS) is 15.2. The van der Waals surface area contributed by atoms with Crippen LogP contribution in [-0.4, -0.2) is 31.1 Å². The van der Waals surface area contributed by atoms with E-state index in [1.54, 1.807) is 24.3 Å². The fourth-order valence-electron chi connectivity index (χ4n) is 3.67. The fraction of sp³-hybridized carbons (Fsp3) is 0.200. The zero-order valence-corrected chi connectivity index (χ0v) is 17.7. The molecular formula is C25H26N4O3. The van der Waals surface area contributed by atoms with Gasteiger partial charge in [-0.3, -0.25) is 4.79 Å². The first-order valence-electron chi connectivity index (χ1n) is 10.6. The highest BCUT2D eigenvalue weighted by atomic mass is 16.5. The van der Waals surface area contributed by atoms with Crippen molar-refractivity contribution in [1.29, 1.82) is 0 Å². The van der Waals surface area contributed by atoms with Gasteiger partial charge in [-0.2, -0.15) is 0 Å². The second-order valence-electron chi connectivity index (χ2n) is 7.73. The van der Waals surface area contributed by atoms with Crippen molar-refractivity contribution in [3.05, 3.63) is 90.0 Å². The lowest BCUT2D eigenvalue weighted by Crippen LogP contribution is -2.37. The lowest BCUT2D eigenvalue weighted by Gasteiger charge is -2.19. The van der Waals surface area contributed by atoms with Crippen molar-refractivity contribution in [2.45, 2.75) is 19.1 Å². The Kier molecular flexibility index (Phi) is 6.55. The van der Waals surface area contributed by atoms with Crippen molar-refractivity contribution in [1.82, 2.24) is 5.32 Å². The molecule has 1 atom stereocenters. The van der Waals surface area contributed by atoms with E-state index in [2.05, 4.69) is 15.5 Å². The molecule has 1 aliphatic rings. The molecule has 7 heteroatoms. The van der Waals surface area contributed by atoms with Gasteiger partial charge in [0.2, 0.25) is 0 Å². The van der Waals surface area contributed by atoms with E-state index in [0.29, 0.717) is 23.5 Å². The van der Waals surface area contributed by atoms with Gasteiger partial charge in [0.25, 0.3) is 5.91 Å². The van der Waals surface area contributed by atoms with Crippen molar-refractivity contribution >= 4 is 29.1 Å². The lowest BCUT2D eigenvalue weighted by atomic mass is 10.1. The van der Waals surface area contributed by atoms with Crippen LogP contribution in [0.3, 0.4) is 0 Å². The number of amides is 2. The number of anilines is 3. The maximum Gasteiger partial charge on any atom is 0.407 e. The predicted octanol–water partition coefficient (Wildman–Crippen LogP) is 4.03. The molecule has 0 radical (unpaired) electrons. The number of ether oxygens (including phenoxy) is 1. The molecule has 7 nitrogen and oxygen atoms in total. The van der Waals surface area contributed by atoms with Crippen LogP contribution in [0.25, 0.3) is 0 Å². The molecule has 0 unspecified atom stereocenters. The van der Waals surface area contributed by atoms with Crippen molar-refractivity contribution < 1.29 is 14.3 Å². The van der Waals surface area contributed by atoms with Crippen LogP contribution >= 0.6 is 0 Å². The highest BCUT2D eigenvalue weighted by Gasteiger charge is 2.24. The predicted molar refractivity (Wildman–Crippen MR) is 126 cm³/mol. The minimum atomic E-state index is -0.409. The zero-order valence-electron chi connectivity index (χ0n) is 17.7. The highest BCUT2D eigenvalue weighted by Crippen LogP contribution is 2.22. The maximum absolute atomic E-state index is 12.5. The molecule has 164 valence electrons. The first kappa shape index (κ1) is 21.2. The van der Waals surface area contributed by atoms with Gasteiger partial charge in [-0.05, 0) is 48.4 Å². The number of nitrogens with two attached hydrogens (primary N) is 1. The third-order valence-corrected chi connectivity index (χ3v) is 5.43. The van der Waals surface area contributed by atoms with Gasteiger partial charge in [0.05, 0.1) is 17.4 Å². The van der Waals surface area contributed by atoms with Crippen LogP contribution in [0.2, 0.25) is 0 Å². The van der Waals surface area contributed by atoms with Gasteiger partial charge in [-0.25, -0.2) is 4.79 Å². The summed E-state index contributed by atoms with van der Waals surface area (Å²) in [5.41, 5.74) is 9.51. The fourth-order valence-corrected chi connectivity index (χ4v) is 3.67. The molecule has 2 amide bonds. The van der Waals surface area contributed by atoms with Gasteiger partial charge in [-0.15, -0.1) is 0 Å². The number of carbonyl (C=O) groups excluding carboxylic acids is 2. The van der Waals surface area contributed by atoms with Gasteiger partial charge in [0.15, 0.2) is 0 Å². The summed E-state index contributed by atoms with van der Waals surface area (Å²) in [6, 6.07) is 24.2. The second-order valence-corrected chi connectivity index (χ2v) is 7.73. The SMILES string of the molecule is Nc1ccccc1NC(=O)c1ccc(N2CC[C@H](NC(=O)OCc3ccccc3)C2)cc1. The van der Waals surface area contributed by atoms with Crippen LogP contribution in [0, 0.1) is 0 Å². The van der Waals surface area contributed by atoms with Crippen LogP contribution in [0.1, 0.15) is 22.3 Å². The molecule has 0 spiro atoms. The van der Waals surface area contributed by atoms with Crippen molar-refractivity contribution in [3.8, 4) is 0 Å². The molecule has 4 rings (SSSR count). The van der Waals surface area contributed by atoms with Crippen LogP contribution in [0.4, 0.5) is 21.9 Å². The molecule has 4 N–H and O–H groups in total. The number of hydrogen-bond donors (Lipinski definition) is 3. The zero-order chi connectivity index (χ0) is 22.3. The van der Waals surface area contributed by atoms with E-state index >= 15 is 0 Å². The summed E-state index contributed by atoms with van der Waals surface area (Å²) in [6.45, 7) is 1.75. The average molecular weight is 431 g/mol. The molecule has 0 aliphatic carbocycles. The Morgan fingerprint density at radius 2 is 1.69 bits per heavy atom. The van der Waals surface area contributed by atoms with E-state index < -0.39 is 6.09 Å². The Labute approximate surface area is 187 Å². The number of nitrogens with one attached hydrogen (secondary N) is 2. The van der Waals surface area contributed by atoms with E-state index in [1.807, 2.05) is 54.6 Å². The summed E-state index contributed by atoms with van der Waals surface area (Å²) >= 11 is 0. The number of carbonyl (C=O) groups is 2. The average Bonchev–Trinajstić information content (AvgIpc) is 3.28. The minimum Gasteiger partial charge on any atom is -0.445 e. The minimum absolute atomic E-state index is 0.0160. The monoisotopic (exact) mass is 430 g/mol. The molecule has 32 heavy (non-hydrogen) atoms. The summed E-state index contributed by atoms with van der Waals surface area (Å²) in [7, 11) is 0. The quantitative estimate of drug-likeness (QED) is 0.513. The molecule has 0 aromatic heterocycles. The molecule has 0 saturated carbocycles. The molecule has 0 bridgehead atoms. The molecule has 3 aromatic carbocycles. The second kappa shape index (κ2) is 9.87. The van der Waals surface area contributed by atoms with Gasteiger partial charge in [-0.1, -0.05) is 42.5 Å². The molecular weight excluding hydrogens is 404 g/mol. The van der Waals surface area contributed by atoms with Crippen LogP contribution < -0.4 is 21.3 Å². The summed E-state index contributed by atoms with van der Waals surface area (Å²) in [5, 5.41) is 5.76. The Morgan fingerprint density at radius 1 is 0.969 bits per heavy atom. The van der Waals surface area contributed by atoms with Gasteiger partial charge in [0.1, 0.15) is 6.61 Å². The van der Waals surface area contributed by atoms with Crippen molar-refractivity contribution in [3.63, 3.8) is 0 Å². The molecule has 1 saturated heterocycles. The number of nitrogen functional groups attached to an aromatic ring is 1. The van der Waals surface area contributed by atoms with Gasteiger partial charge < -0.3 is 26.0 Å². The number of nitrogens with zero attached hydrogens (tertiary/aromatic N) is 1. The van der Waals surface area contributed by atoms with Crippen LogP contribution in [0.5, 0.6) is 0 Å².